The molecule has 2 heterocycles. The van der Waals surface area contributed by atoms with Gasteiger partial charge in [0, 0.05) is 38.6 Å². The zero-order valence-corrected chi connectivity index (χ0v) is 21.2. The molecule has 31 heavy (non-hydrogen) atoms. The van der Waals surface area contributed by atoms with Crippen molar-refractivity contribution in [2.45, 2.75) is 59.0 Å². The quantitative estimate of drug-likeness (QED) is 0.332. The van der Waals surface area contributed by atoms with E-state index in [1.165, 1.54) is 60.2 Å². The lowest BCUT2D eigenvalue weighted by atomic mass is 9.94. The number of hydrogen-bond acceptors (Lipinski definition) is 3. The van der Waals surface area contributed by atoms with Crippen molar-refractivity contribution in [1.82, 2.24) is 5.32 Å². The maximum Gasteiger partial charge on any atom is 0.0577 e. The van der Waals surface area contributed by atoms with E-state index in [4.69, 9.17) is 4.74 Å². The SMILES string of the molecule is CC.Cc1ccc(-c2ccc3c(Br)c(CCCOC4CC4)c(C4=CCCN4)cc3c2)s1. The van der Waals surface area contributed by atoms with E-state index in [1.807, 2.05) is 25.2 Å². The molecule has 0 amide bonds. The van der Waals surface area contributed by atoms with Crippen LogP contribution in [0.3, 0.4) is 0 Å². The van der Waals surface area contributed by atoms with E-state index in [-0.39, 0.29) is 0 Å². The zero-order valence-electron chi connectivity index (χ0n) is 18.8. The fourth-order valence-electron chi connectivity index (χ4n) is 4.07. The van der Waals surface area contributed by atoms with Gasteiger partial charge >= 0.3 is 0 Å². The summed E-state index contributed by atoms with van der Waals surface area (Å²) >= 11 is 5.82. The summed E-state index contributed by atoms with van der Waals surface area (Å²) in [5.74, 6) is 0. The fourth-order valence-corrected chi connectivity index (χ4v) is 5.70. The molecule has 2 nitrogen and oxygen atoms in total. The van der Waals surface area contributed by atoms with Gasteiger partial charge < -0.3 is 10.1 Å². The van der Waals surface area contributed by atoms with Crippen LogP contribution in [0.2, 0.25) is 0 Å². The van der Waals surface area contributed by atoms with Gasteiger partial charge in [0.15, 0.2) is 0 Å². The third kappa shape index (κ3) is 5.24. The number of benzene rings is 2. The summed E-state index contributed by atoms with van der Waals surface area (Å²) in [4.78, 5) is 2.69. The van der Waals surface area contributed by atoms with Crippen molar-refractivity contribution in [3.8, 4) is 10.4 Å². The lowest BCUT2D eigenvalue weighted by molar-refractivity contribution is 0.117. The lowest BCUT2D eigenvalue weighted by Gasteiger charge is -2.17. The van der Waals surface area contributed by atoms with E-state index in [0.29, 0.717) is 6.10 Å². The van der Waals surface area contributed by atoms with E-state index < -0.39 is 0 Å². The van der Waals surface area contributed by atoms with Crippen molar-refractivity contribution in [1.29, 1.82) is 0 Å². The highest BCUT2D eigenvalue weighted by Gasteiger charge is 2.22. The van der Waals surface area contributed by atoms with Crippen molar-refractivity contribution in [2.75, 3.05) is 13.2 Å². The number of ether oxygens (including phenoxy) is 1. The molecule has 3 aromatic rings. The fraction of sp³-hybridized carbons (Fsp3) is 0.407. The summed E-state index contributed by atoms with van der Waals surface area (Å²) in [6, 6.07) is 13.7. The second-order valence-electron chi connectivity index (χ2n) is 8.07. The van der Waals surface area contributed by atoms with Gasteiger partial charge in [0.1, 0.15) is 0 Å². The Morgan fingerprint density at radius 2 is 1.97 bits per heavy atom. The van der Waals surface area contributed by atoms with Crippen molar-refractivity contribution in [2.24, 2.45) is 0 Å². The molecule has 2 aromatic carbocycles. The first-order valence-corrected chi connectivity index (χ1v) is 13.2. The van der Waals surface area contributed by atoms with Crippen molar-refractivity contribution >= 4 is 43.7 Å². The molecule has 0 unspecified atom stereocenters. The van der Waals surface area contributed by atoms with E-state index in [1.54, 1.807) is 0 Å². The normalized spacial score (nSPS) is 15.4. The van der Waals surface area contributed by atoms with E-state index in [9.17, 15) is 0 Å². The molecule has 1 saturated carbocycles. The molecular weight excluding hydrogens is 466 g/mol. The first kappa shape index (κ1) is 22.6. The highest BCUT2D eigenvalue weighted by atomic mass is 79.9. The summed E-state index contributed by atoms with van der Waals surface area (Å²) in [5.41, 5.74) is 5.32. The molecule has 1 aromatic heterocycles. The Morgan fingerprint density at radius 3 is 2.65 bits per heavy atom. The van der Waals surface area contributed by atoms with Crippen LogP contribution in [0.1, 0.15) is 55.5 Å². The molecule has 164 valence electrons. The largest absolute Gasteiger partial charge is 0.384 e. The van der Waals surface area contributed by atoms with E-state index in [2.05, 4.69) is 70.6 Å². The van der Waals surface area contributed by atoms with Crippen LogP contribution in [0.4, 0.5) is 0 Å². The molecule has 0 spiro atoms. The summed E-state index contributed by atoms with van der Waals surface area (Å²) < 4.78 is 7.13. The molecule has 2 aliphatic rings. The Hall–Kier alpha value is -1.62. The Balaban J connectivity index is 0.00000112. The third-order valence-corrected chi connectivity index (χ3v) is 7.71. The van der Waals surface area contributed by atoms with Gasteiger partial charge in [-0.2, -0.15) is 0 Å². The predicted octanol–water partition coefficient (Wildman–Crippen LogP) is 8.11. The number of nitrogens with one attached hydrogen (secondary N) is 1. The molecule has 5 rings (SSSR count). The van der Waals surface area contributed by atoms with Gasteiger partial charge in [0.25, 0.3) is 0 Å². The van der Waals surface area contributed by atoms with Crippen LogP contribution in [0.15, 0.2) is 46.9 Å². The van der Waals surface area contributed by atoms with E-state index >= 15 is 0 Å². The number of halogens is 1. The molecule has 1 aliphatic heterocycles. The zero-order chi connectivity index (χ0) is 21.8. The molecule has 0 radical (unpaired) electrons. The van der Waals surface area contributed by atoms with Crippen LogP contribution >= 0.6 is 27.3 Å². The summed E-state index contributed by atoms with van der Waals surface area (Å²) in [6.07, 6.45) is 8.56. The maximum atomic E-state index is 5.89. The molecule has 0 bridgehead atoms. The minimum atomic E-state index is 0.535. The average Bonchev–Trinajstić information content (AvgIpc) is 3.25. The summed E-state index contributed by atoms with van der Waals surface area (Å²) in [6.45, 7) is 8.06. The Bertz CT molecular complexity index is 1080. The molecular formula is C27H32BrNOS. The maximum absolute atomic E-state index is 5.89. The van der Waals surface area contributed by atoms with Crippen LogP contribution in [0.5, 0.6) is 0 Å². The van der Waals surface area contributed by atoms with Gasteiger partial charge in [0.2, 0.25) is 0 Å². The second-order valence-corrected chi connectivity index (χ2v) is 10.2. The number of fused-ring (bicyclic) bond motifs is 1. The van der Waals surface area contributed by atoms with Crippen LogP contribution in [0, 0.1) is 6.92 Å². The lowest BCUT2D eigenvalue weighted by Crippen LogP contribution is -2.09. The number of rotatable bonds is 7. The first-order valence-electron chi connectivity index (χ1n) is 11.6. The Kier molecular flexibility index (Phi) is 7.52. The van der Waals surface area contributed by atoms with Gasteiger partial charge in [-0.1, -0.05) is 32.1 Å². The van der Waals surface area contributed by atoms with Gasteiger partial charge in [-0.05, 0) is 101 Å². The number of hydrogen-bond donors (Lipinski definition) is 1. The van der Waals surface area contributed by atoms with Crippen LogP contribution in [-0.2, 0) is 11.2 Å². The highest BCUT2D eigenvalue weighted by molar-refractivity contribution is 9.10. The van der Waals surface area contributed by atoms with Crippen LogP contribution in [0.25, 0.3) is 26.9 Å². The molecule has 1 N–H and O–H groups in total. The monoisotopic (exact) mass is 497 g/mol. The summed E-state index contributed by atoms with van der Waals surface area (Å²) in [5, 5.41) is 6.17. The minimum Gasteiger partial charge on any atom is -0.384 e. The highest BCUT2D eigenvalue weighted by Crippen LogP contribution is 2.38. The number of thiophene rings is 1. The third-order valence-electron chi connectivity index (χ3n) is 5.75. The van der Waals surface area contributed by atoms with Gasteiger partial charge in [-0.15, -0.1) is 11.3 Å². The Morgan fingerprint density at radius 1 is 1.13 bits per heavy atom. The smallest absolute Gasteiger partial charge is 0.0577 e. The minimum absolute atomic E-state index is 0.535. The number of aryl methyl sites for hydroxylation is 1. The van der Waals surface area contributed by atoms with Crippen molar-refractivity contribution < 1.29 is 4.74 Å². The molecule has 0 saturated heterocycles. The second kappa shape index (κ2) is 10.3. The van der Waals surface area contributed by atoms with Gasteiger partial charge in [0.05, 0.1) is 6.10 Å². The molecule has 1 fully saturated rings. The molecule has 1 aliphatic carbocycles. The Labute approximate surface area is 198 Å². The predicted molar refractivity (Wildman–Crippen MR) is 139 cm³/mol. The van der Waals surface area contributed by atoms with Gasteiger partial charge in [-0.3, -0.25) is 0 Å². The van der Waals surface area contributed by atoms with Crippen LogP contribution < -0.4 is 5.32 Å². The standard InChI is InChI=1S/C25H26BrNOS.C2H6/c1-16-6-11-24(29-16)17-7-10-20-18(14-17)15-22(23-5-2-12-27-23)21(25(20)26)4-3-13-28-19-8-9-19;1-2/h5-7,10-11,14-15,19,27H,2-4,8-9,12-13H2,1H3;1-2H3. The van der Waals surface area contributed by atoms with Crippen molar-refractivity contribution in [3.05, 3.63) is 63.0 Å². The topological polar surface area (TPSA) is 21.3 Å². The van der Waals surface area contributed by atoms with Gasteiger partial charge in [-0.25, -0.2) is 0 Å². The molecule has 0 atom stereocenters. The van der Waals surface area contributed by atoms with Crippen molar-refractivity contribution in [3.63, 3.8) is 0 Å². The first-order chi connectivity index (χ1) is 15.2. The molecule has 4 heteroatoms. The van der Waals surface area contributed by atoms with E-state index in [0.717, 1.165) is 32.4 Å². The van der Waals surface area contributed by atoms with Crippen LogP contribution in [-0.4, -0.2) is 19.3 Å². The average molecular weight is 499 g/mol. The summed E-state index contributed by atoms with van der Waals surface area (Å²) in [7, 11) is 0.